The van der Waals surface area contributed by atoms with Crippen molar-refractivity contribution in [1.29, 1.82) is 0 Å². The molecule has 1 aromatic carbocycles. The minimum absolute atomic E-state index is 0.188. The van der Waals surface area contributed by atoms with Crippen molar-refractivity contribution in [3.63, 3.8) is 0 Å². The minimum atomic E-state index is -0.253. The van der Waals surface area contributed by atoms with Crippen LogP contribution >= 0.6 is 11.8 Å². The predicted octanol–water partition coefficient (Wildman–Crippen LogP) is 3.11. The summed E-state index contributed by atoms with van der Waals surface area (Å²) in [6.45, 7) is 4.20. The van der Waals surface area contributed by atoms with E-state index in [0.717, 1.165) is 22.8 Å². The van der Waals surface area contributed by atoms with Crippen LogP contribution in [0.5, 0.6) is 0 Å². The molecule has 3 rings (SSSR count). The molecule has 1 aliphatic rings. The van der Waals surface area contributed by atoms with Crippen LogP contribution in [0.15, 0.2) is 34.8 Å². The maximum Gasteiger partial charge on any atom is 0.214 e. The van der Waals surface area contributed by atoms with Crippen molar-refractivity contribution in [2.24, 2.45) is 11.7 Å². The largest absolute Gasteiger partial charge is 0.321 e. The fourth-order valence-corrected chi connectivity index (χ4v) is 2.95. The zero-order chi connectivity index (χ0) is 15.7. The Morgan fingerprint density at radius 1 is 1.32 bits per heavy atom. The van der Waals surface area contributed by atoms with Crippen molar-refractivity contribution in [3.05, 3.63) is 46.9 Å². The highest BCUT2D eigenvalue weighted by Gasteiger charge is 2.25. The second-order valence-corrected chi connectivity index (χ2v) is 6.19. The van der Waals surface area contributed by atoms with Crippen LogP contribution in [-0.2, 0) is 0 Å². The van der Waals surface area contributed by atoms with Gasteiger partial charge in [-0.2, -0.15) is 0 Å². The summed E-state index contributed by atoms with van der Waals surface area (Å²) < 4.78 is 14.9. The quantitative estimate of drug-likeness (QED) is 0.906. The van der Waals surface area contributed by atoms with Gasteiger partial charge in [-0.3, -0.25) is 5.43 Å². The fourth-order valence-electron chi connectivity index (χ4n) is 2.21. The van der Waals surface area contributed by atoms with Crippen molar-refractivity contribution >= 4 is 17.5 Å². The van der Waals surface area contributed by atoms with Crippen LogP contribution in [0.4, 0.5) is 4.39 Å². The van der Waals surface area contributed by atoms with Crippen LogP contribution in [0.25, 0.3) is 5.70 Å². The zero-order valence-electron chi connectivity index (χ0n) is 12.5. The van der Waals surface area contributed by atoms with Gasteiger partial charge in [0.2, 0.25) is 5.16 Å². The Morgan fingerprint density at radius 2 is 2.05 bits per heavy atom. The van der Waals surface area contributed by atoms with Crippen LogP contribution in [0.1, 0.15) is 37.7 Å². The first-order valence-corrected chi connectivity index (χ1v) is 8.08. The number of nitrogens with zero attached hydrogens (tertiary/aromatic N) is 3. The van der Waals surface area contributed by atoms with Crippen molar-refractivity contribution in [2.45, 2.75) is 31.5 Å². The molecular weight excluding hydrogens is 301 g/mol. The molecule has 0 bridgehead atoms. The molecule has 0 saturated heterocycles. The van der Waals surface area contributed by atoms with E-state index in [0.29, 0.717) is 11.7 Å². The normalized spacial score (nSPS) is 16.5. The van der Waals surface area contributed by atoms with Crippen molar-refractivity contribution in [3.8, 4) is 0 Å². The van der Waals surface area contributed by atoms with E-state index in [1.54, 1.807) is 12.1 Å². The number of halogens is 1. The predicted molar refractivity (Wildman–Crippen MR) is 86.0 cm³/mol. The van der Waals surface area contributed by atoms with Crippen LogP contribution in [0.2, 0.25) is 0 Å². The molecule has 1 aliphatic heterocycles. The Labute approximate surface area is 132 Å². The van der Waals surface area contributed by atoms with Gasteiger partial charge in [-0.25, -0.2) is 9.07 Å². The summed E-state index contributed by atoms with van der Waals surface area (Å²) in [7, 11) is 0. The van der Waals surface area contributed by atoms with Gasteiger partial charge in [0.25, 0.3) is 0 Å². The molecule has 2 aromatic rings. The summed E-state index contributed by atoms with van der Waals surface area (Å²) >= 11 is 1.47. The van der Waals surface area contributed by atoms with Crippen molar-refractivity contribution < 1.29 is 4.39 Å². The van der Waals surface area contributed by atoms with E-state index >= 15 is 0 Å². The molecule has 5 nitrogen and oxygen atoms in total. The third-order valence-corrected chi connectivity index (χ3v) is 4.71. The first kappa shape index (κ1) is 15.1. The Kier molecular flexibility index (Phi) is 4.17. The maximum absolute atomic E-state index is 13.1. The number of hydrogen-bond donors (Lipinski definition) is 2. The number of hydrogen-bond acceptors (Lipinski definition) is 5. The number of thioether (sulfide) groups is 1. The molecule has 1 aromatic heterocycles. The average Bonchev–Trinajstić information content (AvgIpc) is 2.97. The van der Waals surface area contributed by atoms with Crippen LogP contribution in [0.3, 0.4) is 0 Å². The minimum Gasteiger partial charge on any atom is -0.321 e. The highest BCUT2D eigenvalue weighted by molar-refractivity contribution is 8.02. The highest BCUT2D eigenvalue weighted by Crippen LogP contribution is 2.31. The molecule has 0 aliphatic carbocycles. The lowest BCUT2D eigenvalue weighted by Crippen LogP contribution is -2.27. The van der Waals surface area contributed by atoms with Gasteiger partial charge in [-0.1, -0.05) is 32.0 Å². The van der Waals surface area contributed by atoms with Gasteiger partial charge < -0.3 is 5.73 Å². The smallest absolute Gasteiger partial charge is 0.214 e. The Hall–Kier alpha value is -1.86. The standard InChI is InChI=1S/C15H18FN5S/c1-3-9(2)13(17)14-18-19-15-21(14)20-12(8-22-15)10-4-6-11(16)7-5-10/h4-9,13,20H,3,17H2,1-2H3/t9-,13-/m0/s1. The van der Waals surface area contributed by atoms with Gasteiger partial charge in [0.05, 0.1) is 11.7 Å². The summed E-state index contributed by atoms with van der Waals surface area (Å²) in [6, 6.07) is 6.16. The van der Waals surface area contributed by atoms with Gasteiger partial charge in [0.1, 0.15) is 5.82 Å². The van der Waals surface area contributed by atoms with Crippen LogP contribution < -0.4 is 11.2 Å². The number of nitrogens with one attached hydrogen (secondary N) is 1. The summed E-state index contributed by atoms with van der Waals surface area (Å²) in [4.78, 5) is 0. The molecule has 0 radical (unpaired) electrons. The first-order valence-electron chi connectivity index (χ1n) is 7.20. The van der Waals surface area contributed by atoms with Gasteiger partial charge in [-0.05, 0) is 30.2 Å². The monoisotopic (exact) mass is 319 g/mol. The summed E-state index contributed by atoms with van der Waals surface area (Å²) in [6.07, 6.45) is 0.969. The molecule has 0 spiro atoms. The van der Waals surface area contributed by atoms with Crippen LogP contribution in [-0.4, -0.2) is 14.9 Å². The zero-order valence-corrected chi connectivity index (χ0v) is 13.3. The number of aromatic nitrogens is 3. The lowest BCUT2D eigenvalue weighted by Gasteiger charge is -2.23. The van der Waals surface area contributed by atoms with Gasteiger partial charge in [-0.15, -0.1) is 10.2 Å². The van der Waals surface area contributed by atoms with E-state index in [1.165, 1.54) is 23.9 Å². The summed E-state index contributed by atoms with van der Waals surface area (Å²) in [5.41, 5.74) is 11.3. The Morgan fingerprint density at radius 3 is 2.73 bits per heavy atom. The van der Waals surface area contributed by atoms with E-state index in [-0.39, 0.29) is 11.9 Å². The van der Waals surface area contributed by atoms with E-state index in [1.807, 2.05) is 10.1 Å². The Balaban J connectivity index is 1.88. The molecule has 0 saturated carbocycles. The van der Waals surface area contributed by atoms with Crippen molar-refractivity contribution in [1.82, 2.24) is 14.9 Å². The number of rotatable bonds is 4. The first-order chi connectivity index (χ1) is 10.6. The molecule has 2 heterocycles. The van der Waals surface area contributed by atoms with Crippen LogP contribution in [0, 0.1) is 11.7 Å². The third-order valence-electron chi connectivity index (χ3n) is 3.88. The Bertz CT molecular complexity index is 694. The summed E-state index contributed by atoms with van der Waals surface area (Å²) in [5.74, 6) is 0.766. The second kappa shape index (κ2) is 6.10. The molecule has 3 N–H and O–H groups in total. The molecule has 0 unspecified atom stereocenters. The number of nitrogens with two attached hydrogens (primary N) is 1. The molecule has 0 fully saturated rings. The van der Waals surface area contributed by atoms with E-state index in [4.69, 9.17) is 5.73 Å². The number of benzene rings is 1. The molecular formula is C15H18FN5S. The van der Waals surface area contributed by atoms with Gasteiger partial charge >= 0.3 is 0 Å². The van der Waals surface area contributed by atoms with E-state index in [2.05, 4.69) is 29.5 Å². The third kappa shape index (κ3) is 2.74. The van der Waals surface area contributed by atoms with Gasteiger partial charge in [0, 0.05) is 11.0 Å². The highest BCUT2D eigenvalue weighted by atomic mass is 32.2. The molecule has 2 atom stereocenters. The lowest BCUT2D eigenvalue weighted by atomic mass is 10.00. The SMILES string of the molecule is CC[C@H](C)[C@H](N)c1nnc2n1NC(c1ccc(F)cc1)=CS2. The molecule has 116 valence electrons. The lowest BCUT2D eigenvalue weighted by molar-refractivity contribution is 0.429. The molecule has 22 heavy (non-hydrogen) atoms. The topological polar surface area (TPSA) is 68.8 Å². The number of fused-ring (bicyclic) bond motifs is 1. The second-order valence-electron chi connectivity index (χ2n) is 5.36. The molecule has 7 heteroatoms. The van der Waals surface area contributed by atoms with E-state index < -0.39 is 0 Å². The van der Waals surface area contributed by atoms with Gasteiger partial charge in [0.15, 0.2) is 5.82 Å². The maximum atomic E-state index is 13.1. The average molecular weight is 319 g/mol. The van der Waals surface area contributed by atoms with E-state index in [9.17, 15) is 4.39 Å². The fraction of sp³-hybridized carbons (Fsp3) is 0.333. The molecule has 0 amide bonds. The summed E-state index contributed by atoms with van der Waals surface area (Å²) in [5, 5.41) is 11.1. The van der Waals surface area contributed by atoms with Crippen molar-refractivity contribution in [2.75, 3.05) is 5.43 Å².